The van der Waals surface area contributed by atoms with Crippen molar-refractivity contribution in [1.82, 2.24) is 4.98 Å². The summed E-state index contributed by atoms with van der Waals surface area (Å²) in [5.74, 6) is -2.08. The van der Waals surface area contributed by atoms with E-state index in [0.717, 1.165) is 34.2 Å². The summed E-state index contributed by atoms with van der Waals surface area (Å²) in [4.78, 5) is 17.0. The van der Waals surface area contributed by atoms with Gasteiger partial charge in [0.05, 0.1) is 15.8 Å². The van der Waals surface area contributed by atoms with Gasteiger partial charge >= 0.3 is 0 Å². The van der Waals surface area contributed by atoms with Crippen molar-refractivity contribution in [3.05, 3.63) is 65.2 Å². The zero-order chi connectivity index (χ0) is 18.8. The van der Waals surface area contributed by atoms with E-state index in [1.807, 2.05) is 38.1 Å². The molecule has 0 saturated carbocycles. The van der Waals surface area contributed by atoms with Crippen LogP contribution in [0.15, 0.2) is 47.5 Å². The fourth-order valence-corrected chi connectivity index (χ4v) is 3.59. The van der Waals surface area contributed by atoms with E-state index in [2.05, 4.69) is 10.3 Å². The first-order valence-corrected chi connectivity index (χ1v) is 9.03. The monoisotopic (exact) mass is 372 g/mol. The maximum Gasteiger partial charge on any atom is 0.237 e. The molecule has 1 heterocycles. The molecule has 0 aliphatic carbocycles. The number of benzene rings is 2. The molecule has 1 N–H and O–H groups in total. The van der Waals surface area contributed by atoms with Crippen LogP contribution in [0, 0.1) is 25.5 Å². The minimum Gasteiger partial charge on any atom is -0.320 e. The zero-order valence-corrected chi connectivity index (χ0v) is 15.5. The molecule has 0 aliphatic heterocycles. The molecular weight excluding hydrogens is 354 g/mol. The minimum atomic E-state index is -0.800. The molecule has 1 atom stereocenters. The molecule has 2 aromatic carbocycles. The molecule has 3 aromatic rings. The lowest BCUT2D eigenvalue weighted by Crippen LogP contribution is -2.23. The standard InChI is InChI=1S/C20H18F2N2OS/c1-11-6-4-7-14-12(2)10-17(23-18(11)14)26-13(3)20(25)24-19-15(21)8-5-9-16(19)22/h4-10,13H,1-3H3,(H,24,25)/t13-/m0/s1. The number of aromatic nitrogens is 1. The first kappa shape index (κ1) is 18.3. The Bertz CT molecular complexity index is 971. The predicted octanol–water partition coefficient (Wildman–Crippen LogP) is 5.25. The Morgan fingerprint density at radius 3 is 2.42 bits per heavy atom. The van der Waals surface area contributed by atoms with Crippen molar-refractivity contribution in [2.24, 2.45) is 0 Å². The number of pyridine rings is 1. The average molecular weight is 372 g/mol. The second-order valence-electron chi connectivity index (χ2n) is 6.09. The number of hydrogen-bond donors (Lipinski definition) is 1. The normalized spacial score (nSPS) is 12.2. The Morgan fingerprint density at radius 1 is 1.08 bits per heavy atom. The van der Waals surface area contributed by atoms with Gasteiger partial charge in [-0.3, -0.25) is 4.79 Å². The predicted molar refractivity (Wildman–Crippen MR) is 102 cm³/mol. The molecule has 3 nitrogen and oxygen atoms in total. The van der Waals surface area contributed by atoms with Gasteiger partial charge in [-0.05, 0) is 50.1 Å². The number of nitrogens with zero attached hydrogens (tertiary/aromatic N) is 1. The Labute approximate surface area is 154 Å². The molecule has 1 amide bonds. The molecule has 0 fully saturated rings. The van der Waals surface area contributed by atoms with E-state index in [9.17, 15) is 13.6 Å². The van der Waals surface area contributed by atoms with Crippen LogP contribution in [-0.2, 0) is 4.79 Å². The van der Waals surface area contributed by atoms with Crippen LogP contribution in [-0.4, -0.2) is 16.1 Å². The van der Waals surface area contributed by atoms with E-state index in [0.29, 0.717) is 5.03 Å². The van der Waals surface area contributed by atoms with Crippen LogP contribution in [0.3, 0.4) is 0 Å². The number of rotatable bonds is 4. The van der Waals surface area contributed by atoms with Gasteiger partial charge in [0.1, 0.15) is 17.3 Å². The SMILES string of the molecule is Cc1cc(S[C@@H](C)C(=O)Nc2c(F)cccc2F)nc2c(C)cccc12. The van der Waals surface area contributed by atoms with Gasteiger partial charge in [-0.25, -0.2) is 13.8 Å². The van der Waals surface area contributed by atoms with Crippen LogP contribution in [0.4, 0.5) is 14.5 Å². The average Bonchev–Trinajstić information content (AvgIpc) is 2.59. The molecular formula is C20H18F2N2OS. The zero-order valence-electron chi connectivity index (χ0n) is 14.6. The van der Waals surface area contributed by atoms with Gasteiger partial charge < -0.3 is 5.32 Å². The first-order valence-electron chi connectivity index (χ1n) is 8.15. The quantitative estimate of drug-likeness (QED) is 0.636. The number of carbonyl (C=O) groups excluding carboxylic acids is 1. The maximum absolute atomic E-state index is 13.7. The van der Waals surface area contributed by atoms with Crippen molar-refractivity contribution < 1.29 is 13.6 Å². The Kier molecular flexibility index (Phi) is 5.23. The number of halogens is 2. The van der Waals surface area contributed by atoms with Gasteiger partial charge in [-0.2, -0.15) is 0 Å². The van der Waals surface area contributed by atoms with Gasteiger partial charge in [0, 0.05) is 5.39 Å². The van der Waals surface area contributed by atoms with E-state index in [-0.39, 0.29) is 0 Å². The lowest BCUT2D eigenvalue weighted by Gasteiger charge is -2.14. The molecule has 134 valence electrons. The van der Waals surface area contributed by atoms with Crippen LogP contribution >= 0.6 is 11.8 Å². The highest BCUT2D eigenvalue weighted by molar-refractivity contribution is 8.00. The highest BCUT2D eigenvalue weighted by Gasteiger charge is 2.19. The van der Waals surface area contributed by atoms with Gasteiger partial charge in [0.2, 0.25) is 5.91 Å². The van der Waals surface area contributed by atoms with Gasteiger partial charge in [0.25, 0.3) is 0 Å². The molecule has 0 radical (unpaired) electrons. The number of aryl methyl sites for hydroxylation is 2. The fourth-order valence-electron chi connectivity index (χ4n) is 2.67. The van der Waals surface area contributed by atoms with Crippen molar-refractivity contribution in [1.29, 1.82) is 0 Å². The largest absolute Gasteiger partial charge is 0.320 e. The highest BCUT2D eigenvalue weighted by atomic mass is 32.2. The number of carbonyl (C=O) groups is 1. The van der Waals surface area contributed by atoms with Crippen LogP contribution in [0.25, 0.3) is 10.9 Å². The number of amides is 1. The van der Waals surface area contributed by atoms with Crippen molar-refractivity contribution in [2.75, 3.05) is 5.32 Å². The van der Waals surface area contributed by atoms with E-state index in [4.69, 9.17) is 0 Å². The highest BCUT2D eigenvalue weighted by Crippen LogP contribution is 2.29. The molecule has 1 aromatic heterocycles. The number of hydrogen-bond acceptors (Lipinski definition) is 3. The third kappa shape index (κ3) is 3.70. The van der Waals surface area contributed by atoms with Crippen LogP contribution in [0.5, 0.6) is 0 Å². The lowest BCUT2D eigenvalue weighted by atomic mass is 10.1. The van der Waals surface area contributed by atoms with Crippen LogP contribution < -0.4 is 5.32 Å². The third-order valence-corrected chi connectivity index (χ3v) is 5.12. The minimum absolute atomic E-state index is 0.427. The molecule has 0 bridgehead atoms. The molecule has 0 saturated heterocycles. The van der Waals surface area contributed by atoms with E-state index in [1.54, 1.807) is 6.92 Å². The first-order chi connectivity index (χ1) is 12.4. The summed E-state index contributed by atoms with van der Waals surface area (Å²) in [7, 11) is 0. The van der Waals surface area contributed by atoms with Crippen molar-refractivity contribution in [2.45, 2.75) is 31.0 Å². The fraction of sp³-hybridized carbons (Fsp3) is 0.200. The summed E-state index contributed by atoms with van der Waals surface area (Å²) in [6.45, 7) is 5.66. The number of fused-ring (bicyclic) bond motifs is 1. The summed E-state index contributed by atoms with van der Waals surface area (Å²) in [6.07, 6.45) is 0. The third-order valence-electron chi connectivity index (χ3n) is 4.10. The molecule has 26 heavy (non-hydrogen) atoms. The molecule has 0 unspecified atom stereocenters. The van der Waals surface area contributed by atoms with Crippen LogP contribution in [0.1, 0.15) is 18.1 Å². The summed E-state index contributed by atoms with van der Waals surface area (Å²) in [6, 6.07) is 11.4. The second-order valence-corrected chi connectivity index (χ2v) is 7.46. The van der Waals surface area contributed by atoms with E-state index < -0.39 is 28.5 Å². The lowest BCUT2D eigenvalue weighted by molar-refractivity contribution is -0.115. The van der Waals surface area contributed by atoms with Crippen LogP contribution in [0.2, 0.25) is 0 Å². The van der Waals surface area contributed by atoms with Gasteiger partial charge in [-0.15, -0.1) is 0 Å². The van der Waals surface area contributed by atoms with E-state index >= 15 is 0 Å². The summed E-state index contributed by atoms with van der Waals surface area (Å²) in [5.41, 5.74) is 2.58. The summed E-state index contributed by atoms with van der Waals surface area (Å²) >= 11 is 1.25. The smallest absolute Gasteiger partial charge is 0.237 e. The number of anilines is 1. The topological polar surface area (TPSA) is 42.0 Å². The number of nitrogens with one attached hydrogen (secondary N) is 1. The molecule has 0 aliphatic rings. The Hall–Kier alpha value is -2.47. The van der Waals surface area contributed by atoms with E-state index in [1.165, 1.54) is 17.8 Å². The van der Waals surface area contributed by atoms with Gasteiger partial charge in [-0.1, -0.05) is 36.0 Å². The molecule has 6 heteroatoms. The molecule has 3 rings (SSSR count). The second kappa shape index (κ2) is 7.41. The Morgan fingerprint density at radius 2 is 1.73 bits per heavy atom. The summed E-state index contributed by atoms with van der Waals surface area (Å²) in [5, 5.41) is 3.52. The Balaban J connectivity index is 1.81. The molecule has 0 spiro atoms. The van der Waals surface area contributed by atoms with Crippen molar-refractivity contribution in [3.8, 4) is 0 Å². The van der Waals surface area contributed by atoms with Crippen molar-refractivity contribution >= 4 is 34.3 Å². The van der Waals surface area contributed by atoms with Gasteiger partial charge in [0.15, 0.2) is 0 Å². The maximum atomic E-state index is 13.7. The van der Waals surface area contributed by atoms with Crippen molar-refractivity contribution in [3.63, 3.8) is 0 Å². The summed E-state index contributed by atoms with van der Waals surface area (Å²) < 4.78 is 27.4. The number of thioether (sulfide) groups is 1. The number of para-hydroxylation sites is 2.